The molecule has 1 heterocycles. The number of likely N-dealkylation sites (N-methyl/N-ethyl adjacent to an activating group) is 1. The van der Waals surface area contributed by atoms with Crippen molar-refractivity contribution in [2.24, 2.45) is 0 Å². The van der Waals surface area contributed by atoms with E-state index in [1.54, 1.807) is 0 Å². The van der Waals surface area contributed by atoms with Gasteiger partial charge in [-0.2, -0.15) is 0 Å². The maximum absolute atomic E-state index is 5.78. The Morgan fingerprint density at radius 1 is 1.00 bits per heavy atom. The van der Waals surface area contributed by atoms with Crippen LogP contribution in [0.15, 0.2) is 24.3 Å². The summed E-state index contributed by atoms with van der Waals surface area (Å²) in [6.45, 7) is 10.4. The second-order valence-corrected chi connectivity index (χ2v) is 5.63. The van der Waals surface area contributed by atoms with Gasteiger partial charge in [-0.05, 0) is 45.2 Å². The molecule has 1 aromatic carbocycles. The lowest BCUT2D eigenvalue weighted by molar-refractivity contribution is 0.133. The Labute approximate surface area is 134 Å². The lowest BCUT2D eigenvalue weighted by Gasteiger charge is -2.32. The fraction of sp³-hybridized carbons (Fsp3) is 0.625. The van der Waals surface area contributed by atoms with Gasteiger partial charge in [-0.25, -0.2) is 0 Å². The van der Waals surface area contributed by atoms with Gasteiger partial charge in [-0.3, -0.25) is 4.90 Å². The third-order valence-electron chi connectivity index (χ3n) is 3.47. The Hall–Kier alpha value is -0.970. The fourth-order valence-corrected chi connectivity index (χ4v) is 2.25. The number of nitrogens with zero attached hydrogens (tertiary/aromatic N) is 2. The van der Waals surface area contributed by atoms with Crippen LogP contribution in [0, 0.1) is 0 Å². The molecule has 0 amide bonds. The van der Waals surface area contributed by atoms with Crippen LogP contribution in [0.25, 0.3) is 0 Å². The van der Waals surface area contributed by atoms with Gasteiger partial charge in [0.1, 0.15) is 18.1 Å². The lowest BCUT2D eigenvalue weighted by atomic mass is 10.3. The minimum atomic E-state index is 0. The van der Waals surface area contributed by atoms with Gasteiger partial charge >= 0.3 is 0 Å². The molecule has 2 rings (SSSR count). The summed E-state index contributed by atoms with van der Waals surface area (Å²) in [7, 11) is 2.18. The average Bonchev–Trinajstić information content (AvgIpc) is 2.42. The average molecular weight is 315 g/mol. The van der Waals surface area contributed by atoms with Gasteiger partial charge in [-0.1, -0.05) is 0 Å². The molecule has 0 atom stereocenters. The number of piperazine rings is 1. The first kappa shape index (κ1) is 18.1. The van der Waals surface area contributed by atoms with E-state index in [9.17, 15) is 0 Å². The summed E-state index contributed by atoms with van der Waals surface area (Å²) in [5.74, 6) is 1.81. The van der Waals surface area contributed by atoms with Crippen LogP contribution in [0.3, 0.4) is 0 Å². The van der Waals surface area contributed by atoms with E-state index in [1.807, 2.05) is 38.1 Å². The van der Waals surface area contributed by atoms with Crippen LogP contribution in [0.5, 0.6) is 11.5 Å². The second kappa shape index (κ2) is 9.13. The molecule has 0 N–H and O–H groups in total. The highest BCUT2D eigenvalue weighted by Gasteiger charge is 2.13. The zero-order chi connectivity index (χ0) is 14.4. The molecule has 0 aromatic heterocycles. The van der Waals surface area contributed by atoms with Crippen molar-refractivity contribution >= 4 is 12.4 Å². The molecule has 1 aliphatic heterocycles. The summed E-state index contributed by atoms with van der Waals surface area (Å²) >= 11 is 0. The molecule has 0 unspecified atom stereocenters. The Balaban J connectivity index is 0.00000220. The van der Waals surface area contributed by atoms with Crippen molar-refractivity contribution in [3.05, 3.63) is 24.3 Å². The van der Waals surface area contributed by atoms with Crippen molar-refractivity contribution in [2.75, 3.05) is 46.4 Å². The van der Waals surface area contributed by atoms with Gasteiger partial charge in [0.05, 0.1) is 6.10 Å². The zero-order valence-electron chi connectivity index (χ0n) is 13.2. The van der Waals surface area contributed by atoms with E-state index in [4.69, 9.17) is 9.47 Å². The van der Waals surface area contributed by atoms with Crippen molar-refractivity contribution in [1.29, 1.82) is 0 Å². The summed E-state index contributed by atoms with van der Waals surface area (Å²) in [6.07, 6.45) is 0.207. The van der Waals surface area contributed by atoms with E-state index < -0.39 is 0 Å². The number of benzene rings is 1. The normalized spacial score (nSPS) is 16.6. The molecule has 21 heavy (non-hydrogen) atoms. The smallest absolute Gasteiger partial charge is 0.119 e. The van der Waals surface area contributed by atoms with Gasteiger partial charge in [0.25, 0.3) is 0 Å². The summed E-state index contributed by atoms with van der Waals surface area (Å²) in [5, 5.41) is 0. The molecule has 120 valence electrons. The van der Waals surface area contributed by atoms with Gasteiger partial charge in [0.2, 0.25) is 0 Å². The zero-order valence-corrected chi connectivity index (χ0v) is 14.1. The van der Waals surface area contributed by atoms with Gasteiger partial charge < -0.3 is 14.4 Å². The third kappa shape index (κ3) is 6.55. The summed E-state index contributed by atoms with van der Waals surface area (Å²) in [5.41, 5.74) is 0. The Kier molecular flexibility index (Phi) is 7.86. The predicted octanol–water partition coefficient (Wildman–Crippen LogP) is 2.52. The van der Waals surface area contributed by atoms with Gasteiger partial charge in [0, 0.05) is 32.7 Å². The maximum atomic E-state index is 5.78. The molecular formula is C16H27ClN2O2. The van der Waals surface area contributed by atoms with Crippen molar-refractivity contribution in [3.8, 4) is 11.5 Å². The minimum absolute atomic E-state index is 0. The first-order valence-corrected chi connectivity index (χ1v) is 7.44. The predicted molar refractivity (Wildman–Crippen MR) is 88.9 cm³/mol. The van der Waals surface area contributed by atoms with Crippen LogP contribution in [-0.4, -0.2) is 62.3 Å². The number of hydrogen-bond donors (Lipinski definition) is 0. The molecule has 0 bridgehead atoms. The monoisotopic (exact) mass is 314 g/mol. The highest BCUT2D eigenvalue weighted by atomic mass is 35.5. The van der Waals surface area contributed by atoms with E-state index in [1.165, 1.54) is 0 Å². The summed E-state index contributed by atoms with van der Waals surface area (Å²) < 4.78 is 11.4. The standard InChI is InChI=1S/C16H26N2O2.ClH/c1-14(2)20-16-6-4-15(5-7-16)19-13-12-18-10-8-17(3)9-11-18;/h4-7,14H,8-13H2,1-3H3;1H. The molecule has 0 saturated carbocycles. The molecule has 1 aromatic rings. The van der Waals surface area contributed by atoms with Crippen LogP contribution in [0.4, 0.5) is 0 Å². The highest BCUT2D eigenvalue weighted by molar-refractivity contribution is 5.85. The van der Waals surface area contributed by atoms with Crippen LogP contribution >= 0.6 is 12.4 Å². The number of rotatable bonds is 6. The quantitative estimate of drug-likeness (QED) is 0.805. The van der Waals surface area contributed by atoms with Crippen LogP contribution < -0.4 is 9.47 Å². The first-order valence-electron chi connectivity index (χ1n) is 7.44. The van der Waals surface area contributed by atoms with Gasteiger partial charge in [-0.15, -0.1) is 12.4 Å². The van der Waals surface area contributed by atoms with E-state index in [0.29, 0.717) is 0 Å². The molecule has 0 spiro atoms. The van der Waals surface area contributed by atoms with E-state index in [-0.39, 0.29) is 18.5 Å². The Morgan fingerprint density at radius 2 is 1.57 bits per heavy atom. The molecule has 0 radical (unpaired) electrons. The first-order chi connectivity index (χ1) is 9.63. The molecular weight excluding hydrogens is 288 g/mol. The molecule has 1 fully saturated rings. The van der Waals surface area contributed by atoms with E-state index in [2.05, 4.69) is 16.8 Å². The van der Waals surface area contributed by atoms with Crippen molar-refractivity contribution < 1.29 is 9.47 Å². The topological polar surface area (TPSA) is 24.9 Å². The third-order valence-corrected chi connectivity index (χ3v) is 3.47. The van der Waals surface area contributed by atoms with Crippen molar-refractivity contribution in [3.63, 3.8) is 0 Å². The number of hydrogen-bond acceptors (Lipinski definition) is 4. The Morgan fingerprint density at radius 3 is 2.14 bits per heavy atom. The van der Waals surface area contributed by atoms with Crippen LogP contribution in [0.1, 0.15) is 13.8 Å². The van der Waals surface area contributed by atoms with Crippen molar-refractivity contribution in [2.45, 2.75) is 20.0 Å². The highest BCUT2D eigenvalue weighted by Crippen LogP contribution is 2.18. The second-order valence-electron chi connectivity index (χ2n) is 5.63. The molecule has 4 nitrogen and oxygen atoms in total. The Bertz CT molecular complexity index is 390. The lowest BCUT2D eigenvalue weighted by Crippen LogP contribution is -2.45. The number of ether oxygens (including phenoxy) is 2. The number of halogens is 1. The summed E-state index contributed by atoms with van der Waals surface area (Å²) in [6, 6.07) is 7.87. The molecule has 5 heteroatoms. The SMILES string of the molecule is CC(C)Oc1ccc(OCCN2CCN(C)CC2)cc1.Cl. The van der Waals surface area contributed by atoms with E-state index in [0.717, 1.165) is 50.8 Å². The van der Waals surface area contributed by atoms with Crippen molar-refractivity contribution in [1.82, 2.24) is 9.80 Å². The molecule has 1 saturated heterocycles. The minimum Gasteiger partial charge on any atom is -0.492 e. The summed E-state index contributed by atoms with van der Waals surface area (Å²) in [4.78, 5) is 4.82. The molecule has 0 aliphatic carbocycles. The molecule has 1 aliphatic rings. The van der Waals surface area contributed by atoms with E-state index >= 15 is 0 Å². The van der Waals surface area contributed by atoms with Crippen LogP contribution in [-0.2, 0) is 0 Å². The maximum Gasteiger partial charge on any atom is 0.119 e. The fourth-order valence-electron chi connectivity index (χ4n) is 2.25. The largest absolute Gasteiger partial charge is 0.492 e. The van der Waals surface area contributed by atoms with Gasteiger partial charge in [0.15, 0.2) is 0 Å². The van der Waals surface area contributed by atoms with Crippen LogP contribution in [0.2, 0.25) is 0 Å².